The first-order valence-corrected chi connectivity index (χ1v) is 12.1. The molecular weight excluding hydrogens is 520 g/mol. The van der Waals surface area contributed by atoms with E-state index in [0.717, 1.165) is 20.1 Å². The number of ether oxygens (including phenoxy) is 3. The average Bonchev–Trinajstić information content (AvgIpc) is 2.61. The van der Waals surface area contributed by atoms with Crippen LogP contribution in [0.25, 0.3) is 0 Å². The van der Waals surface area contributed by atoms with Crippen LogP contribution >= 0.6 is 31.9 Å². The first-order valence-electron chi connectivity index (χ1n) is 10.5. The van der Waals surface area contributed by atoms with Gasteiger partial charge in [0.05, 0.1) is 0 Å². The molecule has 31 heavy (non-hydrogen) atoms. The lowest BCUT2D eigenvalue weighted by molar-refractivity contribution is -0.239. The van der Waals surface area contributed by atoms with Gasteiger partial charge in [0.2, 0.25) is 0 Å². The van der Waals surface area contributed by atoms with Crippen LogP contribution < -0.4 is 0 Å². The molecule has 0 aromatic heterocycles. The van der Waals surface area contributed by atoms with E-state index in [1.54, 1.807) is 14.2 Å². The number of hydrogen-bond acceptors (Lipinski definition) is 3. The number of methoxy groups -OCH3 is 2. The Hall–Kier alpha value is -0.720. The van der Waals surface area contributed by atoms with E-state index >= 15 is 0 Å². The second-order valence-corrected chi connectivity index (χ2v) is 11.9. The smallest absolute Gasteiger partial charge is 0.188 e. The van der Waals surface area contributed by atoms with Crippen LogP contribution in [-0.2, 0) is 25.0 Å². The first-order chi connectivity index (χ1) is 14.2. The molecule has 2 unspecified atom stereocenters. The summed E-state index contributed by atoms with van der Waals surface area (Å²) >= 11 is 7.52. The van der Waals surface area contributed by atoms with Gasteiger partial charge in [0.25, 0.3) is 0 Å². The summed E-state index contributed by atoms with van der Waals surface area (Å²) in [6, 6.07) is 8.62. The molecule has 0 saturated heterocycles. The zero-order chi connectivity index (χ0) is 23.7. The van der Waals surface area contributed by atoms with Gasteiger partial charge in [-0.3, -0.25) is 0 Å². The fraction of sp³-hybridized carbons (Fsp3) is 0.538. The predicted molar refractivity (Wildman–Crippen MR) is 136 cm³/mol. The van der Waals surface area contributed by atoms with Crippen molar-refractivity contribution in [2.75, 3.05) is 14.2 Å². The van der Waals surface area contributed by atoms with Gasteiger partial charge in [-0.05, 0) is 59.1 Å². The second-order valence-electron chi connectivity index (χ2n) is 10.2. The third-order valence-corrected chi connectivity index (χ3v) is 6.62. The minimum atomic E-state index is -0.602. The second kappa shape index (κ2) is 10.0. The van der Waals surface area contributed by atoms with E-state index in [9.17, 15) is 0 Å². The van der Waals surface area contributed by atoms with Crippen LogP contribution in [0.15, 0.2) is 33.2 Å². The van der Waals surface area contributed by atoms with E-state index in [0.29, 0.717) is 0 Å². The monoisotopic (exact) mass is 554 g/mol. The van der Waals surface area contributed by atoms with E-state index < -0.39 is 12.6 Å². The number of hydrogen-bond donors (Lipinski definition) is 0. The van der Waals surface area contributed by atoms with Crippen molar-refractivity contribution in [3.63, 3.8) is 0 Å². The van der Waals surface area contributed by atoms with Crippen molar-refractivity contribution < 1.29 is 14.2 Å². The average molecular weight is 556 g/mol. The van der Waals surface area contributed by atoms with Gasteiger partial charge in [0, 0.05) is 34.3 Å². The zero-order valence-electron chi connectivity index (χ0n) is 20.4. The van der Waals surface area contributed by atoms with Crippen LogP contribution in [0.3, 0.4) is 0 Å². The molecule has 2 aromatic rings. The van der Waals surface area contributed by atoms with Crippen LogP contribution in [0.5, 0.6) is 0 Å². The summed E-state index contributed by atoms with van der Waals surface area (Å²) in [5.74, 6) is 0. The first kappa shape index (κ1) is 26.5. The summed E-state index contributed by atoms with van der Waals surface area (Å²) in [6.07, 6.45) is -1.20. The third-order valence-electron chi connectivity index (χ3n) is 5.31. The maximum absolute atomic E-state index is 6.53. The van der Waals surface area contributed by atoms with Crippen molar-refractivity contribution in [1.29, 1.82) is 0 Å². The normalized spacial score (nSPS) is 14.6. The molecule has 0 aliphatic rings. The Balaban J connectivity index is 2.62. The molecule has 0 saturated carbocycles. The lowest BCUT2D eigenvalue weighted by Crippen LogP contribution is -2.23. The van der Waals surface area contributed by atoms with Gasteiger partial charge in [0.1, 0.15) is 0 Å². The third kappa shape index (κ3) is 6.20. The summed E-state index contributed by atoms with van der Waals surface area (Å²) in [5, 5.41) is 0. The Bertz CT molecular complexity index is 848. The van der Waals surface area contributed by atoms with Crippen LogP contribution in [0.2, 0.25) is 0 Å². The molecule has 0 N–H and O–H groups in total. The summed E-state index contributed by atoms with van der Waals surface area (Å²) in [5.41, 5.74) is 6.57. The molecule has 2 aromatic carbocycles. The molecule has 0 amide bonds. The summed E-state index contributed by atoms with van der Waals surface area (Å²) in [4.78, 5) is 0. The number of aryl methyl sites for hydroxylation is 2. The van der Waals surface area contributed by atoms with E-state index in [2.05, 4.69) is 112 Å². The molecule has 172 valence electrons. The summed E-state index contributed by atoms with van der Waals surface area (Å²) < 4.78 is 20.2. The standard InChI is InChI=1S/C26H36Br2O3/c1-15-11-17(25(3,4)5)21(19(27)13-15)23(29-9)31-24(30-10)22-18(26(6,7)8)12-16(2)14-20(22)28/h11-14,23-24H,1-10H3. The molecule has 0 fully saturated rings. The van der Waals surface area contributed by atoms with E-state index in [1.807, 2.05) is 0 Å². The highest BCUT2D eigenvalue weighted by Crippen LogP contribution is 2.43. The maximum Gasteiger partial charge on any atom is 0.188 e. The van der Waals surface area contributed by atoms with Gasteiger partial charge >= 0.3 is 0 Å². The van der Waals surface area contributed by atoms with Gasteiger partial charge in [-0.15, -0.1) is 0 Å². The van der Waals surface area contributed by atoms with Crippen molar-refractivity contribution >= 4 is 31.9 Å². The molecule has 0 aliphatic heterocycles. The molecule has 0 aliphatic carbocycles. The summed E-state index contributed by atoms with van der Waals surface area (Å²) in [6.45, 7) is 17.4. The van der Waals surface area contributed by atoms with Gasteiger partial charge in [0.15, 0.2) is 12.6 Å². The number of halogens is 2. The topological polar surface area (TPSA) is 27.7 Å². The van der Waals surface area contributed by atoms with Crippen molar-refractivity contribution in [1.82, 2.24) is 0 Å². The van der Waals surface area contributed by atoms with Crippen molar-refractivity contribution in [2.45, 2.75) is 78.8 Å². The van der Waals surface area contributed by atoms with E-state index in [4.69, 9.17) is 14.2 Å². The van der Waals surface area contributed by atoms with Crippen LogP contribution in [-0.4, -0.2) is 14.2 Å². The molecule has 2 rings (SSSR count). The van der Waals surface area contributed by atoms with Gasteiger partial charge in [-0.1, -0.05) is 85.5 Å². The van der Waals surface area contributed by atoms with E-state index in [-0.39, 0.29) is 10.8 Å². The Morgan fingerprint density at radius 3 is 1.23 bits per heavy atom. The molecule has 0 radical (unpaired) electrons. The number of rotatable bonds is 6. The highest BCUT2D eigenvalue weighted by molar-refractivity contribution is 9.10. The SMILES string of the molecule is COC(OC(OC)c1c(Br)cc(C)cc1C(C)(C)C)c1c(Br)cc(C)cc1C(C)(C)C. The van der Waals surface area contributed by atoms with Crippen molar-refractivity contribution in [2.24, 2.45) is 0 Å². The highest BCUT2D eigenvalue weighted by Gasteiger charge is 2.32. The van der Waals surface area contributed by atoms with Gasteiger partial charge in [-0.25, -0.2) is 0 Å². The zero-order valence-corrected chi connectivity index (χ0v) is 23.6. The van der Waals surface area contributed by atoms with E-state index in [1.165, 1.54) is 22.3 Å². The fourth-order valence-electron chi connectivity index (χ4n) is 3.82. The van der Waals surface area contributed by atoms with Gasteiger partial charge < -0.3 is 14.2 Å². The molecule has 0 heterocycles. The van der Waals surface area contributed by atoms with Crippen molar-refractivity contribution in [3.05, 3.63) is 66.6 Å². The lowest BCUT2D eigenvalue weighted by Gasteiger charge is -2.33. The Labute approximate surface area is 205 Å². The largest absolute Gasteiger partial charge is 0.351 e. The Morgan fingerprint density at radius 1 is 0.645 bits per heavy atom. The van der Waals surface area contributed by atoms with Crippen LogP contribution in [0.1, 0.15) is 87.5 Å². The minimum Gasteiger partial charge on any atom is -0.351 e. The van der Waals surface area contributed by atoms with Gasteiger partial charge in [-0.2, -0.15) is 0 Å². The maximum atomic E-state index is 6.53. The molecule has 3 nitrogen and oxygen atoms in total. The molecule has 2 atom stereocenters. The lowest BCUT2D eigenvalue weighted by atomic mass is 9.82. The van der Waals surface area contributed by atoms with Crippen molar-refractivity contribution in [3.8, 4) is 0 Å². The molecule has 0 bridgehead atoms. The van der Waals surface area contributed by atoms with Crippen LogP contribution in [0.4, 0.5) is 0 Å². The fourth-order valence-corrected chi connectivity index (χ4v) is 5.35. The minimum absolute atomic E-state index is 0.0758. The Morgan fingerprint density at radius 2 is 0.968 bits per heavy atom. The molecule has 0 spiro atoms. The predicted octanol–water partition coefficient (Wildman–Crippen LogP) is 8.43. The molecule has 5 heteroatoms. The number of benzene rings is 2. The highest BCUT2D eigenvalue weighted by atomic mass is 79.9. The Kier molecular flexibility index (Phi) is 8.60. The quantitative estimate of drug-likeness (QED) is 0.335. The summed E-state index contributed by atoms with van der Waals surface area (Å²) in [7, 11) is 3.34. The molecular formula is C26H36Br2O3. The van der Waals surface area contributed by atoms with Crippen LogP contribution in [0, 0.1) is 13.8 Å².